The van der Waals surface area contributed by atoms with Crippen LogP contribution in [-0.4, -0.2) is 17.3 Å². The first-order valence-corrected chi connectivity index (χ1v) is 1.76. The fraction of sp³-hybridized carbons (Fsp3) is 0. The summed E-state index contributed by atoms with van der Waals surface area (Å²) in [6, 6.07) is 1.90. The number of hydrogen-bond acceptors (Lipinski definition) is 2. The first-order valence-electron chi connectivity index (χ1n) is 1.76. The van der Waals surface area contributed by atoms with Gasteiger partial charge >= 0.3 is 0 Å². The van der Waals surface area contributed by atoms with Crippen LogP contribution in [0.4, 0.5) is 0 Å². The number of nitrogens with zero attached hydrogens (tertiary/aromatic N) is 1. The minimum absolute atomic E-state index is 0.338. The Balaban J connectivity index is 3.94. The largest absolute Gasteiger partial charge is 0.277 e. The van der Waals surface area contributed by atoms with Gasteiger partial charge in [0.1, 0.15) is 12.1 Å². The molecule has 0 rings (SSSR count). The average molecular weight is 109 g/mol. The Morgan fingerprint density at radius 1 is 1.62 bits per heavy atom. The van der Waals surface area contributed by atoms with Gasteiger partial charge < -0.3 is 0 Å². The highest BCUT2D eigenvalue weighted by Crippen LogP contribution is 1.71. The first kappa shape index (κ1) is 6.48. The zero-order valence-electron chi connectivity index (χ0n) is 4.00. The molecule has 0 aromatic rings. The van der Waals surface area contributed by atoms with Gasteiger partial charge in [0.2, 0.25) is 6.41 Å². The summed E-state index contributed by atoms with van der Waals surface area (Å²) in [4.78, 5) is 19.9. The van der Waals surface area contributed by atoms with Gasteiger partial charge in [0.05, 0.1) is 0 Å². The molecule has 0 aliphatic carbocycles. The molecule has 0 atom stereocenters. The molecule has 0 saturated heterocycles. The molecule has 0 aromatic carbocycles. The topological polar surface area (TPSA) is 37.4 Å². The highest BCUT2D eigenvalue weighted by Gasteiger charge is 1.83. The number of amides is 1. The lowest BCUT2D eigenvalue weighted by Crippen LogP contribution is -2.05. The van der Waals surface area contributed by atoms with Crippen molar-refractivity contribution >= 4 is 12.4 Å². The normalized spacial score (nSPS) is 5.88. The van der Waals surface area contributed by atoms with E-state index in [-0.39, 0.29) is 0 Å². The van der Waals surface area contributed by atoms with Gasteiger partial charge in [0, 0.05) is 6.04 Å². The van der Waals surface area contributed by atoms with Crippen molar-refractivity contribution in [1.29, 1.82) is 0 Å². The summed E-state index contributed by atoms with van der Waals surface area (Å²) in [6.45, 7) is 0. The van der Waals surface area contributed by atoms with Gasteiger partial charge in [-0.1, -0.05) is 6.42 Å². The van der Waals surface area contributed by atoms with Crippen molar-refractivity contribution in [2.24, 2.45) is 0 Å². The zero-order valence-corrected chi connectivity index (χ0v) is 4.00. The Kier molecular flexibility index (Phi) is 2.97. The molecule has 40 valence electrons. The molecule has 0 aromatic heterocycles. The van der Waals surface area contributed by atoms with Crippen LogP contribution < -0.4 is 0 Å². The van der Waals surface area contributed by atoms with Crippen molar-refractivity contribution in [3.8, 4) is 12.5 Å². The Labute approximate surface area is 46.6 Å². The van der Waals surface area contributed by atoms with Crippen molar-refractivity contribution in [3.63, 3.8) is 0 Å². The molecular formula is C5H3NO2. The molecular weight excluding hydrogens is 106 g/mol. The Bertz CT molecular complexity index is 162. The summed E-state index contributed by atoms with van der Waals surface area (Å²) in [7, 11) is 0. The molecule has 3 nitrogen and oxygen atoms in total. The van der Waals surface area contributed by atoms with E-state index in [0.29, 0.717) is 6.41 Å². The predicted molar refractivity (Wildman–Crippen MR) is 27.0 cm³/mol. The summed E-state index contributed by atoms with van der Waals surface area (Å²) in [5.41, 5.74) is 0. The standard InChI is InChI=1S/C5H3NO2/c1-2-6(5-8)3-4-7/h1,3,5H. The molecule has 0 unspecified atom stereocenters. The summed E-state index contributed by atoms with van der Waals surface area (Å²) in [6.07, 6.45) is 5.87. The molecule has 0 fully saturated rings. The predicted octanol–water partition coefficient (Wildman–Crippen LogP) is -0.619. The number of carbonyl (C=O) groups is 1. The van der Waals surface area contributed by atoms with Crippen molar-refractivity contribution in [1.82, 2.24) is 4.90 Å². The van der Waals surface area contributed by atoms with Crippen LogP contribution in [0.5, 0.6) is 0 Å². The first-order chi connectivity index (χ1) is 3.85. The molecule has 0 saturated carbocycles. The Morgan fingerprint density at radius 2 is 2.25 bits per heavy atom. The van der Waals surface area contributed by atoms with E-state index in [9.17, 15) is 9.59 Å². The molecule has 0 heterocycles. The van der Waals surface area contributed by atoms with Gasteiger partial charge in [0.15, 0.2) is 0 Å². The Morgan fingerprint density at radius 3 is 2.38 bits per heavy atom. The van der Waals surface area contributed by atoms with E-state index < -0.39 is 0 Å². The number of rotatable bonds is 2. The van der Waals surface area contributed by atoms with Gasteiger partial charge in [-0.15, -0.1) is 0 Å². The average Bonchev–Trinajstić information content (AvgIpc) is 1.83. The monoisotopic (exact) mass is 109 g/mol. The molecule has 0 bridgehead atoms. The van der Waals surface area contributed by atoms with Gasteiger partial charge in [-0.2, -0.15) is 0 Å². The van der Waals surface area contributed by atoms with Crippen LogP contribution in [0.2, 0.25) is 0 Å². The third-order valence-corrected chi connectivity index (χ3v) is 0.454. The lowest BCUT2D eigenvalue weighted by molar-refractivity contribution is -0.113. The summed E-state index contributed by atoms with van der Waals surface area (Å²) < 4.78 is 0. The number of terminal acetylenes is 1. The highest BCUT2D eigenvalue weighted by atomic mass is 16.1. The maximum absolute atomic E-state index is 9.70. The van der Waals surface area contributed by atoms with E-state index in [0.717, 1.165) is 11.1 Å². The fourth-order valence-electron chi connectivity index (χ4n) is 0.155. The fourth-order valence-corrected chi connectivity index (χ4v) is 0.155. The molecule has 0 aliphatic rings. The second-order valence-corrected chi connectivity index (χ2v) is 0.889. The zero-order chi connectivity index (χ0) is 6.41. The van der Waals surface area contributed by atoms with Crippen LogP contribution >= 0.6 is 0 Å². The second kappa shape index (κ2) is 3.66. The van der Waals surface area contributed by atoms with Crippen LogP contribution in [0.1, 0.15) is 0 Å². The van der Waals surface area contributed by atoms with E-state index >= 15 is 0 Å². The van der Waals surface area contributed by atoms with Crippen molar-refractivity contribution < 1.29 is 9.59 Å². The van der Waals surface area contributed by atoms with Crippen molar-refractivity contribution in [2.45, 2.75) is 0 Å². The summed E-state index contributed by atoms with van der Waals surface area (Å²) in [5, 5.41) is 0. The molecule has 0 N–H and O–H groups in total. The van der Waals surface area contributed by atoms with Crippen LogP contribution in [0.25, 0.3) is 0 Å². The molecule has 8 heavy (non-hydrogen) atoms. The third-order valence-electron chi connectivity index (χ3n) is 0.454. The number of hydrogen-bond donors (Lipinski definition) is 0. The van der Waals surface area contributed by atoms with Crippen molar-refractivity contribution in [2.75, 3.05) is 0 Å². The Hall–Kier alpha value is -1.52. The SMILES string of the molecule is C#CN(C=O)C=C=O. The lowest BCUT2D eigenvalue weighted by atomic mass is 10.8. The van der Waals surface area contributed by atoms with Crippen LogP contribution in [0.15, 0.2) is 6.20 Å². The van der Waals surface area contributed by atoms with E-state index in [2.05, 4.69) is 0 Å². The summed E-state index contributed by atoms with van der Waals surface area (Å²) in [5.74, 6) is 1.35. The van der Waals surface area contributed by atoms with Gasteiger partial charge in [-0.05, 0) is 0 Å². The van der Waals surface area contributed by atoms with Crippen LogP contribution in [0, 0.1) is 12.5 Å². The lowest BCUT2D eigenvalue weighted by Gasteiger charge is -1.92. The minimum Gasteiger partial charge on any atom is -0.277 e. The van der Waals surface area contributed by atoms with Crippen LogP contribution in [-0.2, 0) is 9.59 Å². The highest BCUT2D eigenvalue weighted by molar-refractivity contribution is 5.58. The van der Waals surface area contributed by atoms with Gasteiger partial charge in [-0.25, -0.2) is 9.69 Å². The minimum atomic E-state index is 0.338. The number of carbonyl (C=O) groups excluding carboxylic acids is 2. The second-order valence-electron chi connectivity index (χ2n) is 0.889. The quantitative estimate of drug-likeness (QED) is 0.205. The summed E-state index contributed by atoms with van der Waals surface area (Å²) >= 11 is 0. The van der Waals surface area contributed by atoms with E-state index in [1.54, 1.807) is 0 Å². The molecule has 0 spiro atoms. The van der Waals surface area contributed by atoms with Crippen molar-refractivity contribution in [3.05, 3.63) is 6.20 Å². The smallest absolute Gasteiger partial charge is 0.226 e. The van der Waals surface area contributed by atoms with E-state index in [1.807, 2.05) is 6.04 Å². The van der Waals surface area contributed by atoms with Crippen LogP contribution in [0.3, 0.4) is 0 Å². The maximum atomic E-state index is 9.70. The van der Waals surface area contributed by atoms with E-state index in [4.69, 9.17) is 6.42 Å². The molecule has 0 radical (unpaired) electrons. The van der Waals surface area contributed by atoms with Gasteiger partial charge in [0.25, 0.3) is 0 Å². The molecule has 0 aliphatic heterocycles. The third kappa shape index (κ3) is 1.81. The maximum Gasteiger partial charge on any atom is 0.226 e. The van der Waals surface area contributed by atoms with E-state index in [1.165, 1.54) is 5.94 Å². The molecule has 3 heteroatoms. The molecule has 1 amide bonds. The van der Waals surface area contributed by atoms with Gasteiger partial charge in [-0.3, -0.25) is 4.79 Å².